The minimum atomic E-state index is -0.585. The van der Waals surface area contributed by atoms with Gasteiger partial charge in [-0.05, 0) is 166 Å². The highest BCUT2D eigenvalue weighted by Crippen LogP contribution is 2.38. The predicted octanol–water partition coefficient (Wildman–Crippen LogP) is 20.1. The molecule has 0 aliphatic heterocycles. The van der Waals surface area contributed by atoms with Crippen molar-refractivity contribution in [1.29, 1.82) is 0 Å². The molecule has 546 valence electrons. The maximum absolute atomic E-state index is 14.4. The molecule has 0 saturated heterocycles. The molecule has 0 spiro atoms. The number of rotatable bonds is 27. The Bertz CT molecular complexity index is 5610. The van der Waals surface area contributed by atoms with Crippen molar-refractivity contribution in [3.63, 3.8) is 0 Å². The van der Waals surface area contributed by atoms with Crippen LogP contribution in [0.1, 0.15) is 50.3 Å². The molecule has 106 heavy (non-hydrogen) atoms. The van der Waals surface area contributed by atoms with Crippen LogP contribution in [0.25, 0.3) is 32.7 Å². The van der Waals surface area contributed by atoms with Gasteiger partial charge in [0.2, 0.25) is 0 Å². The second-order valence-electron chi connectivity index (χ2n) is 23.5. The lowest BCUT2D eigenvalue weighted by Gasteiger charge is -2.11. The van der Waals surface area contributed by atoms with E-state index in [0.29, 0.717) is 76.5 Å². The van der Waals surface area contributed by atoms with Crippen molar-refractivity contribution in [2.45, 2.75) is 90.8 Å². The summed E-state index contributed by atoms with van der Waals surface area (Å²) in [4.78, 5) is 86.5. The number of aromatic nitrogens is 12. The van der Waals surface area contributed by atoms with Crippen molar-refractivity contribution in [1.82, 2.24) is 59.2 Å². The number of halogens is 9. The topological polar surface area (TPSA) is 252 Å². The van der Waals surface area contributed by atoms with Gasteiger partial charge in [-0.2, -0.15) is 15.3 Å². The first-order valence-corrected chi connectivity index (χ1v) is 40.1. The molecular weight excluding hydrogens is 1670 g/mol. The summed E-state index contributed by atoms with van der Waals surface area (Å²) in [6.45, 7) is 4.96. The second-order valence-corrected chi connectivity index (χ2v) is 34.9. The van der Waals surface area contributed by atoms with E-state index >= 15 is 0 Å². The van der Waals surface area contributed by atoms with Gasteiger partial charge in [-0.25, -0.2) is 57.1 Å². The largest absolute Gasteiger partial charge is 0.337 e. The molecule has 6 aromatic carbocycles. The van der Waals surface area contributed by atoms with Gasteiger partial charge in [-0.15, -0.1) is 0 Å². The third-order valence-corrected chi connectivity index (χ3v) is 25.3. The van der Waals surface area contributed by atoms with E-state index in [-0.39, 0.29) is 120 Å². The van der Waals surface area contributed by atoms with Crippen LogP contribution in [0.5, 0.6) is 0 Å². The van der Waals surface area contributed by atoms with Crippen molar-refractivity contribution < 1.29 is 37.1 Å². The van der Waals surface area contributed by atoms with E-state index in [0.717, 1.165) is 50.9 Å². The van der Waals surface area contributed by atoms with Crippen molar-refractivity contribution in [3.8, 4) is 0 Å². The van der Waals surface area contributed by atoms with Gasteiger partial charge in [0.15, 0.2) is 42.2 Å². The number of benzene rings is 6. The first-order valence-electron chi connectivity index (χ1n) is 31.3. The molecule has 1 atom stereocenters. The van der Waals surface area contributed by atoms with Gasteiger partial charge in [0, 0.05) is 41.2 Å². The third-order valence-electron chi connectivity index (χ3n) is 15.2. The van der Waals surface area contributed by atoms with Gasteiger partial charge >= 0.3 is 0 Å². The quantitative estimate of drug-likeness (QED) is 0.0246. The molecule has 1 aliphatic rings. The molecule has 1 aliphatic carbocycles. The number of carbonyl (C=O) groups is 5. The number of anilines is 6. The van der Waals surface area contributed by atoms with E-state index in [1.807, 2.05) is 12.1 Å². The van der Waals surface area contributed by atoms with Crippen molar-refractivity contribution >= 4 is 272 Å². The van der Waals surface area contributed by atoms with E-state index in [9.17, 15) is 37.1 Å². The Kier molecular flexibility index (Phi) is 27.5. The van der Waals surface area contributed by atoms with Gasteiger partial charge < -0.3 is 16.0 Å². The maximum atomic E-state index is 14.4. The summed E-state index contributed by atoms with van der Waals surface area (Å²) in [6.07, 6.45) is 7.11. The molecule has 38 heteroatoms. The van der Waals surface area contributed by atoms with Gasteiger partial charge in [0.25, 0.3) is 0 Å². The van der Waals surface area contributed by atoms with Crippen LogP contribution in [0, 0.1) is 35.2 Å². The van der Waals surface area contributed by atoms with Gasteiger partial charge in [-0.1, -0.05) is 157 Å². The molecule has 1 saturated carbocycles. The Hall–Kier alpha value is -6.99. The SMILES string of the molecule is CC(=O)C(C)Sc1nn(CC(=O)Cc2ccc3ncnc(Nc4cc(Cl)c(Cl)cc4F)c3c2)c(=S)s1.CC(=O)CSc1nn(CC(=O)Cc2ccc3ncnc(Nc4cc(Cl)c(Cl)cc4F)c3c2)c(=S)s1.O=C(Cc1ccc2ncnc(Nc3cc(Cl)c(Cl)cc3F)c2c1)Cn1nc(SCC2CC2)sc1=S. The zero-order chi connectivity index (χ0) is 75.6. The average Bonchev–Trinajstić information content (AvgIpc) is 1.03. The molecule has 6 heterocycles. The first-order chi connectivity index (χ1) is 50.6. The fourth-order valence-electron chi connectivity index (χ4n) is 9.73. The number of nitrogens with zero attached hydrogens (tertiary/aromatic N) is 12. The van der Waals surface area contributed by atoms with E-state index in [2.05, 4.69) is 61.2 Å². The maximum Gasteiger partial charge on any atom is 0.180 e. The molecule has 0 amide bonds. The summed E-state index contributed by atoms with van der Waals surface area (Å²) in [5.41, 5.74) is 4.46. The zero-order valence-electron chi connectivity index (χ0n) is 55.1. The van der Waals surface area contributed by atoms with Crippen LogP contribution in [-0.2, 0) is 62.9 Å². The highest BCUT2D eigenvalue weighted by Gasteiger charge is 2.24. The smallest absolute Gasteiger partial charge is 0.180 e. The Morgan fingerprint density at radius 3 is 1.16 bits per heavy atom. The number of hydrogen-bond acceptors (Lipinski definition) is 26. The lowest BCUT2D eigenvalue weighted by Crippen LogP contribution is -2.14. The molecule has 20 nitrogen and oxygen atoms in total. The fraction of sp³-hybridized carbons (Fsp3) is 0.221. The van der Waals surface area contributed by atoms with Crippen LogP contribution < -0.4 is 16.0 Å². The van der Waals surface area contributed by atoms with Crippen molar-refractivity contribution in [3.05, 3.63) is 186 Å². The highest BCUT2D eigenvalue weighted by atomic mass is 35.5. The van der Waals surface area contributed by atoms with Gasteiger partial charge in [0.1, 0.15) is 85.1 Å². The van der Waals surface area contributed by atoms with E-state index in [4.69, 9.17) is 106 Å². The lowest BCUT2D eigenvalue weighted by molar-refractivity contribution is -0.120. The van der Waals surface area contributed by atoms with Crippen LogP contribution in [0.2, 0.25) is 30.1 Å². The molecule has 3 N–H and O–H groups in total. The average molecular weight is 1720 g/mol. The number of carbonyl (C=O) groups excluding carboxylic acids is 5. The Labute approximate surface area is 672 Å². The Morgan fingerprint density at radius 2 is 0.821 bits per heavy atom. The number of ketones is 5. The minimum absolute atomic E-state index is 0.00721. The molecule has 0 radical (unpaired) electrons. The Morgan fingerprint density at radius 1 is 0.491 bits per heavy atom. The molecule has 13 rings (SSSR count). The number of fused-ring (bicyclic) bond motifs is 3. The number of Topliss-reactive ketones (excluding diaryl/α,β-unsaturated/α-hetero) is 5. The van der Waals surface area contributed by atoms with Crippen LogP contribution in [0.15, 0.2) is 123 Å². The highest BCUT2D eigenvalue weighted by molar-refractivity contribution is 8.02. The number of hydrogen-bond donors (Lipinski definition) is 3. The summed E-state index contributed by atoms with van der Waals surface area (Å²) in [5.74, 6) is 1.37. The molecular formula is C68H52Cl6F3N15O5S9. The van der Waals surface area contributed by atoms with Crippen LogP contribution >= 0.6 is 176 Å². The van der Waals surface area contributed by atoms with Crippen LogP contribution in [-0.4, -0.2) is 105 Å². The second kappa shape index (κ2) is 36.5. The summed E-state index contributed by atoms with van der Waals surface area (Å²) in [7, 11) is 0. The third kappa shape index (κ3) is 21.7. The van der Waals surface area contributed by atoms with Crippen molar-refractivity contribution in [2.24, 2.45) is 5.92 Å². The van der Waals surface area contributed by atoms with Gasteiger partial charge in [-0.3, -0.25) is 24.0 Å². The molecule has 6 aromatic heterocycles. The van der Waals surface area contributed by atoms with E-state index in [1.165, 1.54) is 131 Å². The van der Waals surface area contributed by atoms with E-state index < -0.39 is 17.5 Å². The summed E-state index contributed by atoms with van der Waals surface area (Å²) < 4.78 is 51.4. The number of nitrogens with one attached hydrogen (secondary N) is 3. The lowest BCUT2D eigenvalue weighted by atomic mass is 10.1. The standard InChI is InChI=1S/C23H18Cl2FN5O2S3.C23H18Cl2FN5OS3.C22H16Cl2FN5O2S3/c1-11(32)12(2)35-22-30-31(23(34)36-22)9-14(33)5-13-3-4-19-15(6-13)21(28-10-27-19)29-20-8-17(25)16(24)7-18(20)26;24-16-7-18(26)20(8-17(16)25)29-21-15-6-13(3-4-19(15)27-11-28-21)5-14(32)9-31-23(33)35-22(30-31)34-10-12-1-2-12;1-11(31)9-34-21-29-30(22(33)35-21)8-13(32)4-12-2-3-18-14(5-12)20(27-10-26-18)28-19-7-16(24)15(23)6-17(19)25/h3-4,6-8,10,12H,5,9H2,1-2H3,(H,27,28,29);3-4,6-8,11-12H,1-2,5,9-10H2,(H,27,28,29);2-3,5-7,10H,4,8-9H2,1H3,(H,26,27,28). The first kappa shape index (κ1) is 80.0. The van der Waals surface area contributed by atoms with Crippen molar-refractivity contribution in [2.75, 3.05) is 27.5 Å². The summed E-state index contributed by atoms with van der Waals surface area (Å²) >= 11 is 60.1. The molecule has 1 fully saturated rings. The minimum Gasteiger partial charge on any atom is -0.337 e. The molecule has 0 bridgehead atoms. The summed E-state index contributed by atoms with van der Waals surface area (Å²) in [6, 6.07) is 23.7. The predicted molar refractivity (Wildman–Crippen MR) is 428 cm³/mol. The van der Waals surface area contributed by atoms with Crippen LogP contribution in [0.4, 0.5) is 47.7 Å². The zero-order valence-corrected chi connectivity index (χ0v) is 67.0. The normalized spacial score (nSPS) is 12.2. The fourth-order valence-corrected chi connectivity index (χ4v) is 17.8. The van der Waals surface area contributed by atoms with Crippen LogP contribution in [0.3, 0.4) is 0 Å². The number of thioether (sulfide) groups is 3. The molecule has 12 aromatic rings. The molecule has 1 unspecified atom stereocenters. The monoisotopic (exact) mass is 1710 g/mol. The summed E-state index contributed by atoms with van der Waals surface area (Å²) in [5, 5.41) is 24.6. The van der Waals surface area contributed by atoms with Gasteiger partial charge in [0.05, 0.1) is 74.8 Å². The van der Waals surface area contributed by atoms with E-state index in [1.54, 1.807) is 65.8 Å². The Balaban J connectivity index is 0.000000159.